The van der Waals surface area contributed by atoms with Crippen molar-refractivity contribution in [2.24, 2.45) is 0 Å². The summed E-state index contributed by atoms with van der Waals surface area (Å²) in [6.07, 6.45) is 1.73. The Morgan fingerprint density at radius 2 is 2.07 bits per heavy atom. The summed E-state index contributed by atoms with van der Waals surface area (Å²) in [5.74, 6) is -0.600. The van der Waals surface area contributed by atoms with Gasteiger partial charge in [-0.3, -0.25) is 4.79 Å². The van der Waals surface area contributed by atoms with Crippen molar-refractivity contribution in [3.63, 3.8) is 0 Å². The van der Waals surface area contributed by atoms with Crippen LogP contribution in [-0.4, -0.2) is 29.6 Å². The number of carbonyl (C=O) groups excluding carboxylic acids is 2. The maximum absolute atomic E-state index is 12.9. The van der Waals surface area contributed by atoms with Gasteiger partial charge in [0.25, 0.3) is 0 Å². The van der Waals surface area contributed by atoms with Gasteiger partial charge in [-0.25, -0.2) is 4.79 Å². The van der Waals surface area contributed by atoms with Crippen molar-refractivity contribution in [2.45, 2.75) is 59.0 Å². The molecule has 150 valence electrons. The Bertz CT molecular complexity index is 866. The van der Waals surface area contributed by atoms with Crippen molar-refractivity contribution in [1.29, 1.82) is 0 Å². The van der Waals surface area contributed by atoms with Gasteiger partial charge in [-0.1, -0.05) is 6.07 Å². The monoisotopic (exact) mass is 385 g/mol. The van der Waals surface area contributed by atoms with E-state index in [1.54, 1.807) is 26.0 Å². The quantitative estimate of drug-likeness (QED) is 0.752. The molecule has 1 aromatic carbocycles. The number of ketones is 1. The van der Waals surface area contributed by atoms with Gasteiger partial charge < -0.3 is 19.9 Å². The number of nitrogens with one attached hydrogen (secondary N) is 1. The number of phenols is 1. The van der Waals surface area contributed by atoms with E-state index in [-0.39, 0.29) is 17.6 Å². The number of Topliss-reactive ketones (excluding diaryl/α,β-unsaturated/α-hetero) is 1. The van der Waals surface area contributed by atoms with Crippen LogP contribution in [0.3, 0.4) is 0 Å². The highest BCUT2D eigenvalue weighted by molar-refractivity contribution is 6.03. The second-order valence-corrected chi connectivity index (χ2v) is 7.38. The number of esters is 1. The van der Waals surface area contributed by atoms with Gasteiger partial charge in [0.2, 0.25) is 0 Å². The fourth-order valence-electron chi connectivity index (χ4n) is 3.85. The summed E-state index contributed by atoms with van der Waals surface area (Å²) >= 11 is 0. The molecule has 2 N–H and O–H groups in total. The minimum absolute atomic E-state index is 0.0238. The third kappa shape index (κ3) is 3.77. The number of aromatic hydroxyl groups is 1. The number of benzene rings is 1. The van der Waals surface area contributed by atoms with E-state index in [1.807, 2.05) is 13.8 Å². The van der Waals surface area contributed by atoms with Gasteiger partial charge in [-0.15, -0.1) is 0 Å². The predicted molar refractivity (Wildman–Crippen MR) is 105 cm³/mol. The van der Waals surface area contributed by atoms with Crippen LogP contribution in [0.1, 0.15) is 58.4 Å². The predicted octanol–water partition coefficient (Wildman–Crippen LogP) is 3.71. The molecule has 1 aliphatic carbocycles. The van der Waals surface area contributed by atoms with Crippen molar-refractivity contribution < 1.29 is 24.2 Å². The van der Waals surface area contributed by atoms with Crippen molar-refractivity contribution >= 4 is 11.8 Å². The average molecular weight is 385 g/mol. The largest absolute Gasteiger partial charge is 0.504 e. The molecule has 2 aliphatic rings. The normalized spacial score (nSPS) is 19.5. The number of ether oxygens (including phenoxy) is 2. The molecule has 28 heavy (non-hydrogen) atoms. The Labute approximate surface area is 165 Å². The molecule has 6 heteroatoms. The first kappa shape index (κ1) is 20.0. The van der Waals surface area contributed by atoms with Gasteiger partial charge in [0, 0.05) is 29.3 Å². The molecular weight excluding hydrogens is 358 g/mol. The smallest absolute Gasteiger partial charge is 0.337 e. The van der Waals surface area contributed by atoms with E-state index in [9.17, 15) is 14.7 Å². The third-order valence-corrected chi connectivity index (χ3v) is 4.96. The zero-order chi connectivity index (χ0) is 20.4. The summed E-state index contributed by atoms with van der Waals surface area (Å²) in [5, 5.41) is 13.3. The van der Waals surface area contributed by atoms with Crippen LogP contribution in [0.5, 0.6) is 11.5 Å². The molecule has 0 amide bonds. The lowest BCUT2D eigenvalue weighted by Gasteiger charge is -2.34. The number of phenolic OH excluding ortho intramolecular Hbond substituents is 1. The summed E-state index contributed by atoms with van der Waals surface area (Å²) in [6, 6.07) is 4.98. The van der Waals surface area contributed by atoms with Crippen molar-refractivity contribution in [3.05, 3.63) is 46.3 Å². The number of dihydropyridines is 1. The van der Waals surface area contributed by atoms with E-state index in [2.05, 4.69) is 5.32 Å². The van der Waals surface area contributed by atoms with Gasteiger partial charge in [0.05, 0.1) is 18.3 Å². The summed E-state index contributed by atoms with van der Waals surface area (Å²) in [4.78, 5) is 25.8. The summed E-state index contributed by atoms with van der Waals surface area (Å²) in [7, 11) is 0. The highest BCUT2D eigenvalue weighted by Crippen LogP contribution is 2.44. The lowest BCUT2D eigenvalue weighted by Crippen LogP contribution is -2.34. The Morgan fingerprint density at radius 1 is 1.32 bits per heavy atom. The Balaban J connectivity index is 2.16. The highest BCUT2D eigenvalue weighted by Gasteiger charge is 2.39. The van der Waals surface area contributed by atoms with Crippen LogP contribution in [0.2, 0.25) is 0 Å². The zero-order valence-corrected chi connectivity index (χ0v) is 16.8. The average Bonchev–Trinajstić information content (AvgIpc) is 2.62. The molecule has 1 atom stereocenters. The van der Waals surface area contributed by atoms with Crippen LogP contribution in [0.15, 0.2) is 40.7 Å². The second kappa shape index (κ2) is 8.09. The Hall–Kier alpha value is -2.76. The SMILES string of the molecule is CCOc1cc(C2C(C(=O)OC(C)C)=C(C)NC3=C2C(=O)CCC3)ccc1O. The molecule has 0 fully saturated rings. The number of rotatable bonds is 5. The van der Waals surface area contributed by atoms with Gasteiger partial charge in [0.1, 0.15) is 0 Å². The van der Waals surface area contributed by atoms with Crippen molar-refractivity contribution in [1.82, 2.24) is 5.32 Å². The van der Waals surface area contributed by atoms with E-state index >= 15 is 0 Å². The minimum atomic E-state index is -0.546. The van der Waals surface area contributed by atoms with Gasteiger partial charge >= 0.3 is 5.97 Å². The molecule has 0 saturated heterocycles. The zero-order valence-electron chi connectivity index (χ0n) is 16.8. The fraction of sp³-hybridized carbons (Fsp3) is 0.455. The summed E-state index contributed by atoms with van der Waals surface area (Å²) in [5.41, 5.74) is 3.32. The minimum Gasteiger partial charge on any atom is -0.504 e. The van der Waals surface area contributed by atoms with Crippen LogP contribution in [0.25, 0.3) is 0 Å². The Morgan fingerprint density at radius 3 is 2.75 bits per heavy atom. The lowest BCUT2D eigenvalue weighted by atomic mass is 9.75. The number of hydrogen-bond donors (Lipinski definition) is 2. The van der Waals surface area contributed by atoms with Crippen LogP contribution < -0.4 is 10.1 Å². The van der Waals surface area contributed by atoms with Gasteiger partial charge in [-0.05, 0) is 58.2 Å². The second-order valence-electron chi connectivity index (χ2n) is 7.38. The summed E-state index contributed by atoms with van der Waals surface area (Å²) < 4.78 is 11.0. The van der Waals surface area contributed by atoms with Crippen LogP contribution >= 0.6 is 0 Å². The standard InChI is InChI=1S/C22H27NO5/c1-5-27-18-11-14(9-10-16(18)24)20-19(22(26)28-12(2)3)13(4)23-15-7-6-8-17(25)21(15)20/h9-12,20,23-24H,5-8H2,1-4H3. The molecular formula is C22H27NO5. The van der Waals surface area contributed by atoms with Crippen LogP contribution in [0.4, 0.5) is 0 Å². The van der Waals surface area contributed by atoms with Crippen molar-refractivity contribution in [2.75, 3.05) is 6.61 Å². The number of carbonyl (C=O) groups is 2. The molecule has 0 aromatic heterocycles. The molecule has 1 aliphatic heterocycles. The molecule has 0 saturated carbocycles. The Kier molecular flexibility index (Phi) is 5.77. The first-order valence-corrected chi connectivity index (χ1v) is 9.74. The first-order valence-electron chi connectivity index (χ1n) is 9.74. The van der Waals surface area contributed by atoms with Gasteiger partial charge in [-0.2, -0.15) is 0 Å². The molecule has 0 bridgehead atoms. The summed E-state index contributed by atoms with van der Waals surface area (Å²) in [6.45, 7) is 7.65. The fourth-order valence-corrected chi connectivity index (χ4v) is 3.85. The molecule has 6 nitrogen and oxygen atoms in total. The number of allylic oxidation sites excluding steroid dienone is 3. The first-order chi connectivity index (χ1) is 13.3. The van der Waals surface area contributed by atoms with Crippen LogP contribution in [-0.2, 0) is 14.3 Å². The molecule has 1 heterocycles. The molecule has 0 radical (unpaired) electrons. The van der Waals surface area contributed by atoms with E-state index < -0.39 is 11.9 Å². The maximum Gasteiger partial charge on any atom is 0.337 e. The highest BCUT2D eigenvalue weighted by atomic mass is 16.5. The van der Waals surface area contributed by atoms with E-state index in [0.717, 1.165) is 24.1 Å². The maximum atomic E-state index is 12.9. The van der Waals surface area contributed by atoms with E-state index in [0.29, 0.717) is 35.6 Å². The van der Waals surface area contributed by atoms with E-state index in [4.69, 9.17) is 9.47 Å². The number of hydrogen-bond acceptors (Lipinski definition) is 6. The molecule has 3 rings (SSSR count). The van der Waals surface area contributed by atoms with Crippen molar-refractivity contribution in [3.8, 4) is 11.5 Å². The van der Waals surface area contributed by atoms with Crippen LogP contribution in [0, 0.1) is 0 Å². The lowest BCUT2D eigenvalue weighted by molar-refractivity contribution is -0.143. The third-order valence-electron chi connectivity index (χ3n) is 4.96. The van der Waals surface area contributed by atoms with E-state index in [1.165, 1.54) is 6.07 Å². The topological polar surface area (TPSA) is 84.9 Å². The molecule has 1 unspecified atom stereocenters. The molecule has 1 aromatic rings. The molecule has 0 spiro atoms. The van der Waals surface area contributed by atoms with Gasteiger partial charge in [0.15, 0.2) is 17.3 Å².